The van der Waals surface area contributed by atoms with Gasteiger partial charge >= 0.3 is 0 Å². The second-order valence-corrected chi connectivity index (χ2v) is 9.79. The Hall–Kier alpha value is -3.16. The van der Waals surface area contributed by atoms with Crippen LogP contribution in [-0.2, 0) is 0 Å². The first kappa shape index (κ1) is 24.5. The van der Waals surface area contributed by atoms with E-state index in [1.807, 2.05) is 60.7 Å². The standard InChI is InChI=1S/C30H34N2O4/c33-25(21-35-29-13-5-9-23-7-1-3-11-27(23)29)19-31-15-17-32(18-16-31)20-26(34)22-36-30-14-6-10-24-8-2-4-12-28(24)30/h1-14,25-26,33-34H,15-22H2/p+2/t25-,26-/m1/s1. The molecule has 1 saturated heterocycles. The van der Waals surface area contributed by atoms with Gasteiger partial charge in [-0.1, -0.05) is 72.8 Å². The molecule has 1 fully saturated rings. The van der Waals surface area contributed by atoms with E-state index in [-0.39, 0.29) is 13.2 Å². The third-order valence-electron chi connectivity index (χ3n) is 7.07. The third-order valence-corrected chi connectivity index (χ3v) is 7.07. The average molecular weight is 489 g/mol. The van der Waals surface area contributed by atoms with Crippen molar-refractivity contribution in [2.75, 3.05) is 52.5 Å². The highest BCUT2D eigenvalue weighted by Gasteiger charge is 2.27. The molecule has 1 aliphatic rings. The van der Waals surface area contributed by atoms with Crippen molar-refractivity contribution in [2.24, 2.45) is 0 Å². The van der Waals surface area contributed by atoms with E-state index in [9.17, 15) is 10.2 Å². The van der Waals surface area contributed by atoms with Crippen LogP contribution < -0.4 is 19.3 Å². The van der Waals surface area contributed by atoms with Crippen molar-refractivity contribution in [3.63, 3.8) is 0 Å². The summed E-state index contributed by atoms with van der Waals surface area (Å²) in [5, 5.41) is 25.6. The number of nitrogens with one attached hydrogen (secondary N) is 2. The number of piperazine rings is 1. The van der Waals surface area contributed by atoms with E-state index in [4.69, 9.17) is 9.47 Å². The van der Waals surface area contributed by atoms with Gasteiger partial charge in [-0.25, -0.2) is 0 Å². The number of quaternary nitrogens is 2. The SMILES string of the molecule is O[C@@H](COc1cccc2ccccc12)C[NH+]1CC[NH+](C[C@@H](O)COc2cccc3ccccc23)CC1. The molecule has 188 valence electrons. The Balaban J connectivity index is 1.03. The van der Waals surface area contributed by atoms with Crippen LogP contribution in [-0.4, -0.2) is 74.9 Å². The number of aliphatic hydroxyl groups excluding tert-OH is 2. The van der Waals surface area contributed by atoms with Crippen LogP contribution in [0.4, 0.5) is 0 Å². The monoisotopic (exact) mass is 488 g/mol. The zero-order valence-electron chi connectivity index (χ0n) is 20.6. The van der Waals surface area contributed by atoms with Crippen molar-refractivity contribution >= 4 is 21.5 Å². The Kier molecular flexibility index (Phi) is 7.98. The minimum atomic E-state index is -0.514. The minimum Gasteiger partial charge on any atom is -0.490 e. The molecule has 0 aliphatic carbocycles. The fraction of sp³-hybridized carbons (Fsp3) is 0.333. The highest BCUT2D eigenvalue weighted by molar-refractivity contribution is 5.88. The summed E-state index contributed by atoms with van der Waals surface area (Å²) in [5.41, 5.74) is 0. The summed E-state index contributed by atoms with van der Waals surface area (Å²) in [7, 11) is 0. The van der Waals surface area contributed by atoms with Crippen molar-refractivity contribution in [1.82, 2.24) is 0 Å². The molecule has 0 amide bonds. The Morgan fingerprint density at radius 3 is 1.39 bits per heavy atom. The van der Waals surface area contributed by atoms with Gasteiger partial charge in [-0.05, 0) is 22.9 Å². The molecule has 4 N–H and O–H groups in total. The number of aliphatic hydroxyl groups is 2. The van der Waals surface area contributed by atoms with Crippen molar-refractivity contribution < 1.29 is 29.5 Å². The van der Waals surface area contributed by atoms with Gasteiger partial charge in [-0.3, -0.25) is 0 Å². The number of benzene rings is 4. The lowest BCUT2D eigenvalue weighted by molar-refractivity contribution is -1.01. The van der Waals surface area contributed by atoms with E-state index < -0.39 is 12.2 Å². The van der Waals surface area contributed by atoms with E-state index in [0.29, 0.717) is 13.1 Å². The summed E-state index contributed by atoms with van der Waals surface area (Å²) in [5.74, 6) is 1.63. The van der Waals surface area contributed by atoms with E-state index in [0.717, 1.165) is 59.2 Å². The maximum absolute atomic E-state index is 10.6. The lowest BCUT2D eigenvalue weighted by Crippen LogP contribution is -3.29. The Morgan fingerprint density at radius 2 is 0.944 bits per heavy atom. The molecule has 6 heteroatoms. The largest absolute Gasteiger partial charge is 0.490 e. The van der Waals surface area contributed by atoms with Crippen LogP contribution >= 0.6 is 0 Å². The van der Waals surface area contributed by atoms with Gasteiger partial charge in [0.25, 0.3) is 0 Å². The van der Waals surface area contributed by atoms with E-state index in [2.05, 4.69) is 24.3 Å². The molecule has 4 aromatic carbocycles. The lowest BCUT2D eigenvalue weighted by atomic mass is 10.1. The maximum atomic E-state index is 10.6. The zero-order valence-corrected chi connectivity index (χ0v) is 20.6. The van der Waals surface area contributed by atoms with Crippen molar-refractivity contribution in [3.8, 4) is 11.5 Å². The van der Waals surface area contributed by atoms with Crippen molar-refractivity contribution in [3.05, 3.63) is 84.9 Å². The highest BCUT2D eigenvalue weighted by Crippen LogP contribution is 2.26. The summed E-state index contributed by atoms with van der Waals surface area (Å²) >= 11 is 0. The normalized spacial score (nSPS) is 19.7. The van der Waals surface area contributed by atoms with Crippen LogP contribution in [0.2, 0.25) is 0 Å². The van der Waals surface area contributed by atoms with Gasteiger partial charge in [0.2, 0.25) is 0 Å². The topological polar surface area (TPSA) is 67.8 Å². The fourth-order valence-electron chi connectivity index (χ4n) is 5.16. The van der Waals surface area contributed by atoms with E-state index in [1.54, 1.807) is 0 Å². The van der Waals surface area contributed by atoms with Crippen LogP contribution in [0.25, 0.3) is 21.5 Å². The zero-order chi connectivity index (χ0) is 24.7. The van der Waals surface area contributed by atoms with Gasteiger partial charge in [0, 0.05) is 10.8 Å². The van der Waals surface area contributed by atoms with Gasteiger partial charge < -0.3 is 29.5 Å². The number of ether oxygens (including phenoxy) is 2. The molecule has 36 heavy (non-hydrogen) atoms. The van der Waals surface area contributed by atoms with Gasteiger partial charge in [-0.15, -0.1) is 0 Å². The van der Waals surface area contributed by atoms with Crippen LogP contribution in [0.5, 0.6) is 11.5 Å². The van der Waals surface area contributed by atoms with Gasteiger partial charge in [0.15, 0.2) is 0 Å². The molecule has 0 saturated carbocycles. The summed E-state index contributed by atoms with van der Waals surface area (Å²) in [6, 6.07) is 28.3. The second kappa shape index (κ2) is 11.7. The van der Waals surface area contributed by atoms with Crippen molar-refractivity contribution in [2.45, 2.75) is 12.2 Å². The first-order chi connectivity index (χ1) is 17.7. The van der Waals surface area contributed by atoms with E-state index >= 15 is 0 Å². The Morgan fingerprint density at radius 1 is 0.556 bits per heavy atom. The van der Waals surface area contributed by atoms with Gasteiger partial charge in [-0.2, -0.15) is 0 Å². The number of hydrogen-bond acceptors (Lipinski definition) is 4. The molecule has 1 heterocycles. The van der Waals surface area contributed by atoms with Crippen LogP contribution in [0.1, 0.15) is 0 Å². The molecular formula is C30H36N2O4+2. The number of hydrogen-bond donors (Lipinski definition) is 4. The molecule has 1 aliphatic heterocycles. The van der Waals surface area contributed by atoms with E-state index in [1.165, 1.54) is 9.80 Å². The molecule has 0 radical (unpaired) electrons. The maximum Gasteiger partial charge on any atom is 0.137 e. The molecule has 0 bridgehead atoms. The first-order valence-corrected chi connectivity index (χ1v) is 12.9. The smallest absolute Gasteiger partial charge is 0.137 e. The molecular weight excluding hydrogens is 452 g/mol. The molecule has 0 unspecified atom stereocenters. The van der Waals surface area contributed by atoms with Crippen LogP contribution in [0.3, 0.4) is 0 Å². The number of rotatable bonds is 10. The predicted octanol–water partition coefficient (Wildman–Crippen LogP) is 0.956. The third kappa shape index (κ3) is 6.15. The summed E-state index contributed by atoms with van der Waals surface area (Å²) in [4.78, 5) is 2.77. The minimum absolute atomic E-state index is 0.290. The van der Waals surface area contributed by atoms with Crippen LogP contribution in [0, 0.1) is 0 Å². The number of fused-ring (bicyclic) bond motifs is 2. The quantitative estimate of drug-likeness (QED) is 0.269. The summed E-state index contributed by atoms with van der Waals surface area (Å²) < 4.78 is 11.9. The van der Waals surface area contributed by atoms with Crippen molar-refractivity contribution in [1.29, 1.82) is 0 Å². The molecule has 5 rings (SSSR count). The van der Waals surface area contributed by atoms with Gasteiger partial charge in [0.1, 0.15) is 76.2 Å². The van der Waals surface area contributed by atoms with Gasteiger partial charge in [0.05, 0.1) is 0 Å². The molecule has 2 atom stereocenters. The average Bonchev–Trinajstić information content (AvgIpc) is 2.92. The molecule has 6 nitrogen and oxygen atoms in total. The van der Waals surface area contributed by atoms with Crippen LogP contribution in [0.15, 0.2) is 84.9 Å². The molecule has 0 aromatic heterocycles. The molecule has 4 aromatic rings. The first-order valence-electron chi connectivity index (χ1n) is 12.9. The molecule has 0 spiro atoms. The summed E-state index contributed by atoms with van der Waals surface area (Å²) in [6.45, 7) is 5.80. The highest BCUT2D eigenvalue weighted by atomic mass is 16.5. The Labute approximate surface area is 212 Å². The fourth-order valence-corrected chi connectivity index (χ4v) is 5.16. The summed E-state index contributed by atoms with van der Waals surface area (Å²) in [6.07, 6.45) is -1.03. The predicted molar refractivity (Wildman–Crippen MR) is 142 cm³/mol. The lowest BCUT2D eigenvalue weighted by Gasteiger charge is -2.31. The second-order valence-electron chi connectivity index (χ2n) is 9.79. The Bertz CT molecular complexity index is 1160.